The Morgan fingerprint density at radius 1 is 0.621 bits per heavy atom. The Morgan fingerprint density at radius 3 is 1.72 bits per heavy atom. The summed E-state index contributed by atoms with van der Waals surface area (Å²) in [7, 11) is 0. The molecule has 3 aliphatic rings. The molecule has 3 aliphatic carbocycles. The van der Waals surface area contributed by atoms with E-state index in [2.05, 4.69) is 37.3 Å². The van der Waals surface area contributed by atoms with Crippen LogP contribution in [0.1, 0.15) is 94.1 Å². The molecule has 0 atom stereocenters. The van der Waals surface area contributed by atoms with Crippen LogP contribution in [0.2, 0.25) is 0 Å². The van der Waals surface area contributed by atoms with Crippen molar-refractivity contribution < 1.29 is 4.39 Å². The van der Waals surface area contributed by atoms with Gasteiger partial charge in [-0.3, -0.25) is 0 Å². The second-order valence-corrected chi connectivity index (χ2v) is 10.3. The molecule has 0 aromatic heterocycles. The largest absolute Gasteiger partial charge is 0.206 e. The van der Waals surface area contributed by atoms with Gasteiger partial charge in [0, 0.05) is 5.56 Å². The average molecular weight is 391 g/mol. The molecule has 0 unspecified atom stereocenters. The molecule has 0 amide bonds. The molecule has 29 heavy (non-hydrogen) atoms. The first-order chi connectivity index (χ1) is 14.2. The molecule has 3 saturated carbocycles. The molecule has 2 aromatic carbocycles. The van der Waals surface area contributed by atoms with Crippen LogP contribution in [0.15, 0.2) is 42.5 Å². The lowest BCUT2D eigenvalue weighted by atomic mass is 9.76. The highest BCUT2D eigenvalue weighted by molar-refractivity contribution is 5.65. The number of hydrogen-bond donors (Lipinski definition) is 0. The summed E-state index contributed by atoms with van der Waals surface area (Å²) in [6.07, 6.45) is 13.4. The zero-order chi connectivity index (χ0) is 19.8. The first kappa shape index (κ1) is 19.3. The first-order valence-corrected chi connectivity index (χ1v) is 12.1. The summed E-state index contributed by atoms with van der Waals surface area (Å²) < 4.78 is 15.0. The average Bonchev–Trinajstić information content (AvgIpc) is 3.60. The Hall–Kier alpha value is -1.63. The fourth-order valence-corrected chi connectivity index (χ4v) is 6.04. The lowest BCUT2D eigenvalue weighted by molar-refractivity contribution is 0.295. The number of halogens is 1. The standard InChI is InChI=1S/C28H35F/c1-19-2-4-20(5-3-19)23-12-14-25(15-13-23)27-17-16-26(18-28(27)29)24-10-8-22(9-11-24)21-6-7-21/h12-22,24H,2-11H2,1H3. The molecular formula is C28H35F. The van der Waals surface area contributed by atoms with Crippen molar-refractivity contribution in [1.82, 2.24) is 0 Å². The summed E-state index contributed by atoms with van der Waals surface area (Å²) >= 11 is 0. The molecule has 0 bridgehead atoms. The second-order valence-electron chi connectivity index (χ2n) is 10.3. The van der Waals surface area contributed by atoms with Crippen LogP contribution in [0.3, 0.4) is 0 Å². The third-order valence-electron chi connectivity index (χ3n) is 8.23. The normalized spacial score (nSPS) is 30.3. The van der Waals surface area contributed by atoms with Gasteiger partial charge in [-0.2, -0.15) is 0 Å². The van der Waals surface area contributed by atoms with Gasteiger partial charge in [-0.25, -0.2) is 4.39 Å². The van der Waals surface area contributed by atoms with Crippen LogP contribution in [0.25, 0.3) is 11.1 Å². The van der Waals surface area contributed by atoms with Crippen molar-refractivity contribution in [3.63, 3.8) is 0 Å². The molecule has 2 aromatic rings. The fourth-order valence-electron chi connectivity index (χ4n) is 6.04. The molecule has 0 aliphatic heterocycles. The monoisotopic (exact) mass is 390 g/mol. The van der Waals surface area contributed by atoms with Gasteiger partial charge in [0.05, 0.1) is 0 Å². The van der Waals surface area contributed by atoms with E-state index in [1.165, 1.54) is 75.3 Å². The third-order valence-corrected chi connectivity index (χ3v) is 8.23. The zero-order valence-electron chi connectivity index (χ0n) is 17.9. The Balaban J connectivity index is 1.26. The minimum atomic E-state index is -0.0499. The molecule has 5 rings (SSSR count). The van der Waals surface area contributed by atoms with Crippen molar-refractivity contribution in [1.29, 1.82) is 0 Å². The van der Waals surface area contributed by atoms with E-state index >= 15 is 4.39 Å². The number of rotatable bonds is 4. The molecule has 0 saturated heterocycles. The van der Waals surface area contributed by atoms with Gasteiger partial charge in [0.25, 0.3) is 0 Å². The number of benzene rings is 2. The predicted molar refractivity (Wildman–Crippen MR) is 120 cm³/mol. The van der Waals surface area contributed by atoms with Crippen LogP contribution in [0.4, 0.5) is 4.39 Å². The van der Waals surface area contributed by atoms with Gasteiger partial charge >= 0.3 is 0 Å². The van der Waals surface area contributed by atoms with E-state index in [0.29, 0.717) is 11.8 Å². The Morgan fingerprint density at radius 2 is 1.14 bits per heavy atom. The molecule has 0 nitrogen and oxygen atoms in total. The van der Waals surface area contributed by atoms with E-state index in [9.17, 15) is 0 Å². The second kappa shape index (κ2) is 8.25. The van der Waals surface area contributed by atoms with Crippen molar-refractivity contribution in [3.8, 4) is 11.1 Å². The van der Waals surface area contributed by atoms with Crippen LogP contribution in [0, 0.1) is 23.6 Å². The van der Waals surface area contributed by atoms with Gasteiger partial charge in [-0.1, -0.05) is 56.2 Å². The van der Waals surface area contributed by atoms with Gasteiger partial charge in [0.2, 0.25) is 0 Å². The minimum Gasteiger partial charge on any atom is -0.206 e. The maximum Gasteiger partial charge on any atom is 0.131 e. The van der Waals surface area contributed by atoms with Gasteiger partial charge in [0.1, 0.15) is 5.82 Å². The van der Waals surface area contributed by atoms with E-state index in [1.807, 2.05) is 12.1 Å². The SMILES string of the molecule is CC1CCC(c2ccc(-c3ccc(C4CCC(C5CC5)CC4)cc3F)cc2)CC1. The summed E-state index contributed by atoms with van der Waals surface area (Å²) in [5.74, 6) is 4.06. The molecule has 0 spiro atoms. The maximum absolute atomic E-state index is 15.0. The van der Waals surface area contributed by atoms with Gasteiger partial charge < -0.3 is 0 Å². The van der Waals surface area contributed by atoms with Crippen LogP contribution < -0.4 is 0 Å². The Labute approximate surface area is 175 Å². The highest BCUT2D eigenvalue weighted by atomic mass is 19.1. The zero-order valence-corrected chi connectivity index (χ0v) is 17.9. The first-order valence-electron chi connectivity index (χ1n) is 12.1. The van der Waals surface area contributed by atoms with E-state index in [1.54, 1.807) is 0 Å². The summed E-state index contributed by atoms with van der Waals surface area (Å²) in [5, 5.41) is 0. The van der Waals surface area contributed by atoms with Crippen molar-refractivity contribution in [3.05, 3.63) is 59.4 Å². The molecule has 1 heteroatoms. The van der Waals surface area contributed by atoms with Crippen molar-refractivity contribution in [2.75, 3.05) is 0 Å². The van der Waals surface area contributed by atoms with E-state index < -0.39 is 0 Å². The fraction of sp³-hybridized carbons (Fsp3) is 0.571. The summed E-state index contributed by atoms with van der Waals surface area (Å²) in [5.41, 5.74) is 4.42. The Kier molecular flexibility index (Phi) is 5.50. The highest BCUT2D eigenvalue weighted by Crippen LogP contribution is 2.47. The predicted octanol–water partition coefficient (Wildman–Crippen LogP) is 8.47. The molecule has 3 fully saturated rings. The van der Waals surface area contributed by atoms with Crippen molar-refractivity contribution >= 4 is 0 Å². The summed E-state index contributed by atoms with van der Waals surface area (Å²) in [6.45, 7) is 2.37. The molecule has 0 radical (unpaired) electrons. The van der Waals surface area contributed by atoms with Crippen LogP contribution in [-0.2, 0) is 0 Å². The van der Waals surface area contributed by atoms with Crippen molar-refractivity contribution in [2.24, 2.45) is 17.8 Å². The van der Waals surface area contributed by atoms with Crippen LogP contribution in [0.5, 0.6) is 0 Å². The van der Waals surface area contributed by atoms with Gasteiger partial charge in [0.15, 0.2) is 0 Å². The molecule has 154 valence electrons. The maximum atomic E-state index is 15.0. The quantitative estimate of drug-likeness (QED) is 0.491. The third kappa shape index (κ3) is 4.30. The smallest absolute Gasteiger partial charge is 0.131 e. The van der Waals surface area contributed by atoms with Gasteiger partial charge in [-0.05, 0) is 104 Å². The summed E-state index contributed by atoms with van der Waals surface area (Å²) in [4.78, 5) is 0. The minimum absolute atomic E-state index is 0.0499. The summed E-state index contributed by atoms with van der Waals surface area (Å²) in [6, 6.07) is 14.8. The lowest BCUT2D eigenvalue weighted by Crippen LogP contribution is -2.14. The van der Waals surface area contributed by atoms with E-state index in [-0.39, 0.29) is 5.82 Å². The van der Waals surface area contributed by atoms with Crippen LogP contribution >= 0.6 is 0 Å². The molecule has 0 N–H and O–H groups in total. The molecule has 0 heterocycles. The Bertz CT molecular complexity index is 816. The van der Waals surface area contributed by atoms with Gasteiger partial charge in [-0.15, -0.1) is 0 Å². The highest BCUT2D eigenvalue weighted by Gasteiger charge is 2.34. The van der Waals surface area contributed by atoms with E-state index in [0.717, 1.165) is 28.9 Å². The molecular weight excluding hydrogens is 355 g/mol. The topological polar surface area (TPSA) is 0 Å². The lowest BCUT2D eigenvalue weighted by Gasteiger charge is -2.29. The van der Waals surface area contributed by atoms with E-state index in [4.69, 9.17) is 0 Å². The van der Waals surface area contributed by atoms with Crippen LogP contribution in [-0.4, -0.2) is 0 Å². The number of hydrogen-bond acceptors (Lipinski definition) is 0. The van der Waals surface area contributed by atoms with Crippen molar-refractivity contribution in [2.45, 2.75) is 83.0 Å².